The second-order valence-electron chi connectivity index (χ2n) is 5.11. The van der Waals surface area contributed by atoms with Gasteiger partial charge in [-0.2, -0.15) is 0 Å². The summed E-state index contributed by atoms with van der Waals surface area (Å²) in [5.41, 5.74) is -0.000381. The predicted octanol–water partition coefficient (Wildman–Crippen LogP) is 1.70. The molecule has 116 valence electrons. The minimum atomic E-state index is -1.06. The van der Waals surface area contributed by atoms with Gasteiger partial charge in [-0.3, -0.25) is 0 Å². The minimum Gasteiger partial charge on any atom is -0.482 e. The van der Waals surface area contributed by atoms with Gasteiger partial charge in [0, 0.05) is 18.9 Å². The van der Waals surface area contributed by atoms with Crippen molar-refractivity contribution in [1.82, 2.24) is 5.32 Å². The zero-order valence-corrected chi connectivity index (χ0v) is 12.3. The summed E-state index contributed by atoms with van der Waals surface area (Å²) < 4.78 is 10.1. The Hall–Kier alpha value is -2.28. The molecule has 0 aromatic heterocycles. The fourth-order valence-corrected chi connectivity index (χ4v) is 1.68. The number of methoxy groups -OCH3 is 1. The maximum atomic E-state index is 11.9. The molecule has 0 aliphatic carbocycles. The van der Waals surface area contributed by atoms with Gasteiger partial charge in [-0.1, -0.05) is 6.07 Å². The first kappa shape index (κ1) is 16.8. The van der Waals surface area contributed by atoms with Crippen LogP contribution in [0.5, 0.6) is 5.75 Å². The molecule has 1 aromatic carbocycles. The van der Waals surface area contributed by atoms with Crippen molar-refractivity contribution in [1.29, 1.82) is 0 Å². The number of hydrogen-bond acceptors (Lipinski definition) is 4. The summed E-state index contributed by atoms with van der Waals surface area (Å²) in [4.78, 5) is 22.3. The van der Waals surface area contributed by atoms with Crippen molar-refractivity contribution in [2.24, 2.45) is 0 Å². The number of benzene rings is 1. The summed E-state index contributed by atoms with van der Waals surface area (Å²) in [6, 6.07) is 6.11. The lowest BCUT2D eigenvalue weighted by molar-refractivity contribution is -0.139. The topological polar surface area (TPSA) is 96.9 Å². The van der Waals surface area contributed by atoms with Crippen molar-refractivity contribution in [2.75, 3.05) is 25.6 Å². The van der Waals surface area contributed by atoms with E-state index in [1.807, 2.05) is 13.8 Å². The zero-order chi connectivity index (χ0) is 15.9. The molecule has 2 amide bonds. The van der Waals surface area contributed by atoms with E-state index < -0.39 is 18.1 Å². The standard InChI is InChI=1S/C14H20N2O5/c1-14(2,9-20-3)16-13(19)15-10-5-4-6-11(7-10)21-8-12(17)18/h4-7H,8-9H2,1-3H3,(H,17,18)(H2,15,16,19). The Kier molecular flexibility index (Phi) is 5.98. The molecule has 0 bridgehead atoms. The molecule has 7 nitrogen and oxygen atoms in total. The van der Waals surface area contributed by atoms with Crippen LogP contribution in [0.2, 0.25) is 0 Å². The molecular formula is C14H20N2O5. The predicted molar refractivity (Wildman–Crippen MR) is 77.7 cm³/mol. The molecule has 0 fully saturated rings. The van der Waals surface area contributed by atoms with Crippen LogP contribution in [0.25, 0.3) is 0 Å². The van der Waals surface area contributed by atoms with E-state index in [4.69, 9.17) is 14.6 Å². The van der Waals surface area contributed by atoms with E-state index in [2.05, 4.69) is 10.6 Å². The summed E-state index contributed by atoms with van der Waals surface area (Å²) in [5, 5.41) is 14.0. The second kappa shape index (κ2) is 7.49. The maximum absolute atomic E-state index is 11.9. The first-order valence-electron chi connectivity index (χ1n) is 6.35. The third kappa shape index (κ3) is 6.62. The number of carboxylic acids is 1. The van der Waals surface area contributed by atoms with Crippen LogP contribution in [-0.2, 0) is 9.53 Å². The van der Waals surface area contributed by atoms with Crippen LogP contribution in [0.4, 0.5) is 10.5 Å². The largest absolute Gasteiger partial charge is 0.482 e. The third-order valence-electron chi connectivity index (χ3n) is 2.41. The van der Waals surface area contributed by atoms with Crippen LogP contribution >= 0.6 is 0 Å². The first-order valence-corrected chi connectivity index (χ1v) is 6.35. The van der Waals surface area contributed by atoms with Crippen molar-refractivity contribution >= 4 is 17.7 Å². The highest BCUT2D eigenvalue weighted by Gasteiger charge is 2.20. The van der Waals surface area contributed by atoms with Gasteiger partial charge in [0.25, 0.3) is 0 Å². The molecule has 3 N–H and O–H groups in total. The number of carbonyl (C=O) groups is 2. The number of nitrogens with one attached hydrogen (secondary N) is 2. The fraction of sp³-hybridized carbons (Fsp3) is 0.429. The van der Waals surface area contributed by atoms with Crippen molar-refractivity contribution in [3.63, 3.8) is 0 Å². The van der Waals surface area contributed by atoms with Gasteiger partial charge < -0.3 is 25.2 Å². The molecule has 0 aliphatic heterocycles. The number of carbonyl (C=O) groups excluding carboxylic acids is 1. The monoisotopic (exact) mass is 296 g/mol. The number of ether oxygens (including phenoxy) is 2. The normalized spacial score (nSPS) is 10.8. The number of anilines is 1. The first-order chi connectivity index (χ1) is 9.82. The lowest BCUT2D eigenvalue weighted by atomic mass is 10.1. The minimum absolute atomic E-state index is 0.367. The Labute approximate surface area is 123 Å². The summed E-state index contributed by atoms with van der Waals surface area (Å²) in [5.74, 6) is -0.696. The fourth-order valence-electron chi connectivity index (χ4n) is 1.68. The van der Waals surface area contributed by atoms with E-state index in [-0.39, 0.29) is 6.03 Å². The Balaban J connectivity index is 2.60. The summed E-state index contributed by atoms with van der Waals surface area (Å²) in [6.07, 6.45) is 0. The van der Waals surface area contributed by atoms with Crippen LogP contribution in [0, 0.1) is 0 Å². The summed E-state index contributed by atoms with van der Waals surface area (Å²) in [6.45, 7) is 3.61. The Morgan fingerprint density at radius 3 is 2.67 bits per heavy atom. The SMILES string of the molecule is COCC(C)(C)NC(=O)Nc1cccc(OCC(=O)O)c1. The quantitative estimate of drug-likeness (QED) is 0.711. The van der Waals surface area contributed by atoms with Crippen molar-refractivity contribution < 1.29 is 24.2 Å². The van der Waals surface area contributed by atoms with Crippen LogP contribution in [0.15, 0.2) is 24.3 Å². The molecule has 7 heteroatoms. The number of hydrogen-bond donors (Lipinski definition) is 3. The average Bonchev–Trinajstić information content (AvgIpc) is 2.35. The van der Waals surface area contributed by atoms with E-state index >= 15 is 0 Å². The van der Waals surface area contributed by atoms with E-state index in [0.717, 1.165) is 0 Å². The van der Waals surface area contributed by atoms with Gasteiger partial charge in [0.1, 0.15) is 5.75 Å². The maximum Gasteiger partial charge on any atom is 0.341 e. The second-order valence-corrected chi connectivity index (χ2v) is 5.11. The number of amides is 2. The van der Waals surface area contributed by atoms with Crippen molar-refractivity contribution in [2.45, 2.75) is 19.4 Å². The highest BCUT2D eigenvalue weighted by molar-refractivity contribution is 5.89. The van der Waals surface area contributed by atoms with Gasteiger partial charge in [-0.25, -0.2) is 9.59 Å². The van der Waals surface area contributed by atoms with Crippen LogP contribution in [-0.4, -0.2) is 43.0 Å². The van der Waals surface area contributed by atoms with Gasteiger partial charge in [-0.15, -0.1) is 0 Å². The van der Waals surface area contributed by atoms with E-state index in [9.17, 15) is 9.59 Å². The molecule has 0 aliphatic rings. The van der Waals surface area contributed by atoms with Gasteiger partial charge in [0.2, 0.25) is 0 Å². The van der Waals surface area contributed by atoms with Gasteiger partial charge in [0.05, 0.1) is 12.1 Å². The molecule has 0 atom stereocenters. The molecule has 0 heterocycles. The van der Waals surface area contributed by atoms with Crippen LogP contribution < -0.4 is 15.4 Å². The molecule has 0 spiro atoms. The van der Waals surface area contributed by atoms with Crippen molar-refractivity contribution in [3.05, 3.63) is 24.3 Å². The highest BCUT2D eigenvalue weighted by atomic mass is 16.5. The van der Waals surface area contributed by atoms with Gasteiger partial charge in [-0.05, 0) is 26.0 Å². The molecule has 0 saturated carbocycles. The highest BCUT2D eigenvalue weighted by Crippen LogP contribution is 2.17. The van der Waals surface area contributed by atoms with Crippen LogP contribution in [0.3, 0.4) is 0 Å². The van der Waals surface area contributed by atoms with Gasteiger partial charge in [0.15, 0.2) is 6.61 Å². The molecule has 0 radical (unpaired) electrons. The van der Waals surface area contributed by atoms with E-state index in [1.54, 1.807) is 31.4 Å². The Morgan fingerprint density at radius 2 is 2.05 bits per heavy atom. The molecule has 0 saturated heterocycles. The molecule has 0 unspecified atom stereocenters. The third-order valence-corrected chi connectivity index (χ3v) is 2.41. The molecule has 1 aromatic rings. The smallest absolute Gasteiger partial charge is 0.341 e. The van der Waals surface area contributed by atoms with E-state index in [0.29, 0.717) is 18.0 Å². The summed E-state index contributed by atoms with van der Waals surface area (Å²) in [7, 11) is 1.56. The lowest BCUT2D eigenvalue weighted by Crippen LogP contribution is -2.48. The number of rotatable bonds is 7. The number of urea groups is 1. The molecule has 21 heavy (non-hydrogen) atoms. The summed E-state index contributed by atoms with van der Waals surface area (Å²) >= 11 is 0. The zero-order valence-electron chi connectivity index (χ0n) is 12.3. The molecular weight excluding hydrogens is 276 g/mol. The average molecular weight is 296 g/mol. The van der Waals surface area contributed by atoms with Gasteiger partial charge >= 0.3 is 12.0 Å². The van der Waals surface area contributed by atoms with E-state index in [1.165, 1.54) is 0 Å². The van der Waals surface area contributed by atoms with Crippen LogP contribution in [0.1, 0.15) is 13.8 Å². The lowest BCUT2D eigenvalue weighted by Gasteiger charge is -2.25. The van der Waals surface area contributed by atoms with Crippen molar-refractivity contribution in [3.8, 4) is 5.75 Å². The Bertz CT molecular complexity index is 502. The number of aliphatic carboxylic acids is 1. The Morgan fingerprint density at radius 1 is 1.33 bits per heavy atom. The molecule has 1 rings (SSSR count). The number of carboxylic acid groups (broad SMARTS) is 1.